The molecule has 0 aliphatic rings. The highest BCUT2D eigenvalue weighted by Crippen LogP contribution is 2.16. The highest BCUT2D eigenvalue weighted by molar-refractivity contribution is 5.77. The van der Waals surface area contributed by atoms with Crippen LogP contribution in [0.25, 0.3) is 0 Å². The predicted octanol–water partition coefficient (Wildman–Crippen LogP) is 1.88. The van der Waals surface area contributed by atoms with Crippen LogP contribution in [0.2, 0.25) is 0 Å². The molecule has 0 saturated heterocycles. The second-order valence-corrected chi connectivity index (χ2v) is 4.58. The Morgan fingerprint density at radius 3 is 2.23 bits per heavy atom. The maximum absolute atomic E-state index is 11.8. The van der Waals surface area contributed by atoms with Gasteiger partial charge in [0.25, 0.3) is 0 Å². The lowest BCUT2D eigenvalue weighted by Crippen LogP contribution is -2.36. The van der Waals surface area contributed by atoms with Crippen molar-refractivity contribution >= 4 is 11.9 Å². The van der Waals surface area contributed by atoms with Gasteiger partial charge in [0, 0.05) is 13.0 Å². The molecular weight excluding hydrogens is 286 g/mol. The molecule has 0 fully saturated rings. The molecule has 1 rings (SSSR count). The van der Waals surface area contributed by atoms with Crippen LogP contribution < -0.4 is 9.47 Å². The first-order valence-electron chi connectivity index (χ1n) is 7.22. The molecule has 0 bridgehead atoms. The van der Waals surface area contributed by atoms with Crippen molar-refractivity contribution in [2.24, 2.45) is 0 Å². The predicted molar refractivity (Wildman–Crippen MR) is 82.0 cm³/mol. The molecule has 6 heteroatoms. The molecule has 6 nitrogen and oxygen atoms in total. The van der Waals surface area contributed by atoms with Crippen LogP contribution in [0.15, 0.2) is 24.3 Å². The molecule has 1 aromatic rings. The average Bonchev–Trinajstić information content (AvgIpc) is 2.57. The van der Waals surface area contributed by atoms with Crippen molar-refractivity contribution in [3.63, 3.8) is 0 Å². The number of ether oxygens (including phenoxy) is 3. The van der Waals surface area contributed by atoms with Crippen molar-refractivity contribution in [3.8, 4) is 11.5 Å². The Morgan fingerprint density at radius 2 is 1.68 bits per heavy atom. The van der Waals surface area contributed by atoms with Gasteiger partial charge in [0.1, 0.15) is 18.1 Å². The second-order valence-electron chi connectivity index (χ2n) is 4.58. The van der Waals surface area contributed by atoms with Crippen LogP contribution in [0.4, 0.5) is 0 Å². The first-order valence-corrected chi connectivity index (χ1v) is 7.22. The lowest BCUT2D eigenvalue weighted by atomic mass is 10.3. The number of carbonyl (C=O) groups is 2. The summed E-state index contributed by atoms with van der Waals surface area (Å²) >= 11 is 0. The van der Waals surface area contributed by atoms with Crippen LogP contribution in [-0.4, -0.2) is 50.7 Å². The van der Waals surface area contributed by atoms with Gasteiger partial charge in [0.15, 0.2) is 0 Å². The summed E-state index contributed by atoms with van der Waals surface area (Å²) in [4.78, 5) is 24.6. The third kappa shape index (κ3) is 6.03. The van der Waals surface area contributed by atoms with E-state index >= 15 is 0 Å². The van der Waals surface area contributed by atoms with Gasteiger partial charge in [-0.05, 0) is 24.3 Å². The Labute approximate surface area is 131 Å². The zero-order valence-corrected chi connectivity index (χ0v) is 13.3. The molecule has 0 unspecified atom stereocenters. The van der Waals surface area contributed by atoms with Gasteiger partial charge in [0.2, 0.25) is 5.91 Å². The number of amides is 1. The third-order valence-corrected chi connectivity index (χ3v) is 3.16. The van der Waals surface area contributed by atoms with Gasteiger partial charge in [-0.3, -0.25) is 9.59 Å². The fraction of sp³-hybridized carbons (Fsp3) is 0.500. The Morgan fingerprint density at radius 1 is 1.05 bits per heavy atom. The average molecular weight is 309 g/mol. The summed E-state index contributed by atoms with van der Waals surface area (Å²) in [5.41, 5.74) is 0. The summed E-state index contributed by atoms with van der Waals surface area (Å²) < 4.78 is 15.3. The van der Waals surface area contributed by atoms with Gasteiger partial charge >= 0.3 is 5.97 Å². The van der Waals surface area contributed by atoms with E-state index in [0.717, 1.165) is 5.75 Å². The molecule has 122 valence electrons. The van der Waals surface area contributed by atoms with Crippen LogP contribution in [0.3, 0.4) is 0 Å². The summed E-state index contributed by atoms with van der Waals surface area (Å²) in [7, 11) is 2.94. The normalized spacial score (nSPS) is 9.95. The van der Waals surface area contributed by atoms with Crippen LogP contribution in [0.1, 0.15) is 19.8 Å². The number of methoxy groups -OCH3 is 2. The fourth-order valence-electron chi connectivity index (χ4n) is 1.86. The Balaban J connectivity index is 2.44. The second kappa shape index (κ2) is 9.65. The number of nitrogens with zero attached hydrogens (tertiary/aromatic N) is 1. The molecule has 0 radical (unpaired) electrons. The topological polar surface area (TPSA) is 65.1 Å². The van der Waals surface area contributed by atoms with Crippen molar-refractivity contribution in [3.05, 3.63) is 24.3 Å². The molecule has 0 aromatic heterocycles. The minimum atomic E-state index is -0.329. The van der Waals surface area contributed by atoms with E-state index in [2.05, 4.69) is 4.74 Å². The van der Waals surface area contributed by atoms with Crippen LogP contribution >= 0.6 is 0 Å². The van der Waals surface area contributed by atoms with E-state index in [0.29, 0.717) is 31.9 Å². The zero-order valence-electron chi connectivity index (χ0n) is 13.3. The van der Waals surface area contributed by atoms with Gasteiger partial charge in [0.05, 0.1) is 27.2 Å². The third-order valence-electron chi connectivity index (χ3n) is 3.16. The zero-order chi connectivity index (χ0) is 16.4. The molecule has 1 aromatic carbocycles. The first-order chi connectivity index (χ1) is 10.6. The summed E-state index contributed by atoms with van der Waals surface area (Å²) in [5, 5.41) is 0. The van der Waals surface area contributed by atoms with E-state index in [4.69, 9.17) is 9.47 Å². The Kier molecular flexibility index (Phi) is 7.81. The lowest BCUT2D eigenvalue weighted by molar-refractivity contribution is -0.141. The monoisotopic (exact) mass is 309 g/mol. The molecule has 0 aliphatic heterocycles. The number of benzene rings is 1. The molecule has 0 spiro atoms. The van der Waals surface area contributed by atoms with E-state index in [-0.39, 0.29) is 18.3 Å². The van der Waals surface area contributed by atoms with Crippen molar-refractivity contribution in [1.82, 2.24) is 4.90 Å². The molecule has 1 amide bonds. The molecule has 0 aliphatic carbocycles. The van der Waals surface area contributed by atoms with Crippen molar-refractivity contribution in [2.45, 2.75) is 19.8 Å². The van der Waals surface area contributed by atoms with E-state index < -0.39 is 0 Å². The standard InChI is InChI=1S/C16H23NO5/c1-4-15(18)17(10-9-16(19)21-3)11-12-22-14-7-5-13(20-2)6-8-14/h5-8H,4,9-12H2,1-3H3. The molecule has 0 heterocycles. The lowest BCUT2D eigenvalue weighted by Gasteiger charge is -2.21. The molecular formula is C16H23NO5. The highest BCUT2D eigenvalue weighted by Gasteiger charge is 2.13. The van der Waals surface area contributed by atoms with E-state index in [1.54, 1.807) is 31.1 Å². The van der Waals surface area contributed by atoms with Gasteiger partial charge in [-0.25, -0.2) is 0 Å². The van der Waals surface area contributed by atoms with Crippen LogP contribution in [-0.2, 0) is 14.3 Å². The highest BCUT2D eigenvalue weighted by atomic mass is 16.5. The molecule has 22 heavy (non-hydrogen) atoms. The van der Waals surface area contributed by atoms with Gasteiger partial charge in [-0.15, -0.1) is 0 Å². The maximum atomic E-state index is 11.8. The minimum Gasteiger partial charge on any atom is -0.497 e. The van der Waals surface area contributed by atoms with Crippen molar-refractivity contribution in [1.29, 1.82) is 0 Å². The van der Waals surface area contributed by atoms with Crippen LogP contribution in [0, 0.1) is 0 Å². The number of rotatable bonds is 9. The van der Waals surface area contributed by atoms with E-state index in [9.17, 15) is 9.59 Å². The minimum absolute atomic E-state index is 0.0118. The molecule has 0 atom stereocenters. The summed E-state index contributed by atoms with van der Waals surface area (Å²) in [6, 6.07) is 7.22. The quantitative estimate of drug-likeness (QED) is 0.652. The maximum Gasteiger partial charge on any atom is 0.307 e. The molecule has 0 saturated carbocycles. The number of carbonyl (C=O) groups excluding carboxylic acids is 2. The van der Waals surface area contributed by atoms with Gasteiger partial charge in [-0.2, -0.15) is 0 Å². The summed E-state index contributed by atoms with van der Waals surface area (Å²) in [6.45, 7) is 2.91. The van der Waals surface area contributed by atoms with Gasteiger partial charge in [-0.1, -0.05) is 6.92 Å². The Hall–Kier alpha value is -2.24. The SMILES string of the molecule is CCC(=O)N(CCOc1ccc(OC)cc1)CCC(=O)OC. The van der Waals surface area contributed by atoms with E-state index in [1.165, 1.54) is 7.11 Å². The van der Waals surface area contributed by atoms with Gasteiger partial charge < -0.3 is 19.1 Å². The van der Waals surface area contributed by atoms with Crippen molar-refractivity contribution < 1.29 is 23.8 Å². The van der Waals surface area contributed by atoms with Crippen LogP contribution in [0.5, 0.6) is 11.5 Å². The smallest absolute Gasteiger partial charge is 0.307 e. The largest absolute Gasteiger partial charge is 0.497 e. The summed E-state index contributed by atoms with van der Waals surface area (Å²) in [5.74, 6) is 1.12. The number of hydrogen-bond acceptors (Lipinski definition) is 5. The number of esters is 1. The molecule has 0 N–H and O–H groups in total. The Bertz CT molecular complexity index is 472. The van der Waals surface area contributed by atoms with Crippen molar-refractivity contribution in [2.75, 3.05) is 33.9 Å². The fourth-order valence-corrected chi connectivity index (χ4v) is 1.86. The van der Waals surface area contributed by atoms with E-state index in [1.807, 2.05) is 12.1 Å². The first kappa shape index (κ1) is 17.8. The number of hydrogen-bond donors (Lipinski definition) is 0. The summed E-state index contributed by atoms with van der Waals surface area (Å²) in [6.07, 6.45) is 0.578.